The van der Waals surface area contributed by atoms with Gasteiger partial charge in [0.25, 0.3) is 0 Å². The van der Waals surface area contributed by atoms with E-state index in [1.807, 2.05) is 49.3 Å². The third-order valence-electron chi connectivity index (χ3n) is 4.62. The van der Waals surface area contributed by atoms with Crippen LogP contribution in [0.4, 0.5) is 4.79 Å². The first-order valence-corrected chi connectivity index (χ1v) is 11.8. The molecule has 0 bridgehead atoms. The number of carbonyl (C=O) groups excluding carboxylic acids is 3. The van der Waals surface area contributed by atoms with Crippen molar-refractivity contribution < 1.29 is 14.4 Å². The smallest absolute Gasteiger partial charge is 0.318 e. The third kappa shape index (κ3) is 13.1. The molecule has 7 nitrogen and oxygen atoms in total. The summed E-state index contributed by atoms with van der Waals surface area (Å²) in [7, 11) is 3.89. The average Bonchev–Trinajstić information content (AvgIpc) is 2.69. The van der Waals surface area contributed by atoms with Gasteiger partial charge in [0.15, 0.2) is 5.12 Å². The summed E-state index contributed by atoms with van der Waals surface area (Å²) in [5.41, 5.74) is 1.09. The van der Waals surface area contributed by atoms with Crippen molar-refractivity contribution >= 4 is 28.8 Å². The molecule has 0 saturated carbocycles. The van der Waals surface area contributed by atoms with Gasteiger partial charge in [-0.25, -0.2) is 4.79 Å². The summed E-state index contributed by atoms with van der Waals surface area (Å²) in [6.45, 7) is 7.51. The topological polar surface area (TPSA) is 81.8 Å². The first-order valence-electron chi connectivity index (χ1n) is 10.8. The van der Waals surface area contributed by atoms with E-state index in [9.17, 15) is 14.4 Å². The standard InChI is InChI=1S/C23H38N4O3S/c1-18(2)11-13-27(16-22(29)24-12-14-26(4)5)23(30)25-21(17-31-19(3)28)15-20-9-7-6-8-10-20/h6-10,18,21H,11-17H2,1-5H3,(H,24,29)(H,25,30)/t21-/m0/s1. The van der Waals surface area contributed by atoms with Crippen molar-refractivity contribution in [3.63, 3.8) is 0 Å². The molecule has 1 rings (SSSR count). The summed E-state index contributed by atoms with van der Waals surface area (Å²) in [6, 6.07) is 9.40. The minimum Gasteiger partial charge on any atom is -0.353 e. The summed E-state index contributed by atoms with van der Waals surface area (Å²) >= 11 is 1.20. The lowest BCUT2D eigenvalue weighted by Gasteiger charge is -2.27. The highest BCUT2D eigenvalue weighted by Crippen LogP contribution is 2.11. The van der Waals surface area contributed by atoms with Crippen LogP contribution < -0.4 is 10.6 Å². The van der Waals surface area contributed by atoms with Crippen molar-refractivity contribution in [2.24, 2.45) is 5.92 Å². The van der Waals surface area contributed by atoms with Gasteiger partial charge in [-0.2, -0.15) is 0 Å². The predicted molar refractivity (Wildman–Crippen MR) is 128 cm³/mol. The summed E-state index contributed by atoms with van der Waals surface area (Å²) in [5, 5.41) is 5.94. The maximum absolute atomic E-state index is 13.1. The fraction of sp³-hybridized carbons (Fsp3) is 0.609. The predicted octanol–water partition coefficient (Wildman–Crippen LogP) is 2.61. The average molecular weight is 451 g/mol. The van der Waals surface area contributed by atoms with Crippen LogP contribution in [0, 0.1) is 5.92 Å². The van der Waals surface area contributed by atoms with Gasteiger partial charge in [0.2, 0.25) is 5.91 Å². The molecular weight excluding hydrogens is 412 g/mol. The number of nitrogens with zero attached hydrogens (tertiary/aromatic N) is 2. The highest BCUT2D eigenvalue weighted by atomic mass is 32.2. The van der Waals surface area contributed by atoms with Crippen LogP contribution in [0.2, 0.25) is 0 Å². The van der Waals surface area contributed by atoms with E-state index in [1.54, 1.807) is 4.90 Å². The van der Waals surface area contributed by atoms with Crippen LogP contribution in [-0.2, 0) is 16.0 Å². The molecule has 0 heterocycles. The van der Waals surface area contributed by atoms with Crippen LogP contribution in [0.15, 0.2) is 30.3 Å². The van der Waals surface area contributed by atoms with Gasteiger partial charge in [0, 0.05) is 38.4 Å². The van der Waals surface area contributed by atoms with E-state index < -0.39 is 0 Å². The molecule has 8 heteroatoms. The molecule has 0 aromatic heterocycles. The number of nitrogens with one attached hydrogen (secondary N) is 2. The molecule has 0 unspecified atom stereocenters. The molecule has 0 aliphatic carbocycles. The quantitative estimate of drug-likeness (QED) is 0.483. The Bertz CT molecular complexity index is 683. The van der Waals surface area contributed by atoms with Gasteiger partial charge in [-0.1, -0.05) is 55.9 Å². The van der Waals surface area contributed by atoms with Crippen molar-refractivity contribution in [1.82, 2.24) is 20.4 Å². The number of amides is 3. The maximum Gasteiger partial charge on any atom is 0.318 e. The number of rotatable bonds is 13. The zero-order valence-electron chi connectivity index (χ0n) is 19.5. The number of benzene rings is 1. The largest absolute Gasteiger partial charge is 0.353 e. The van der Waals surface area contributed by atoms with Crippen molar-refractivity contribution in [3.05, 3.63) is 35.9 Å². The summed E-state index contributed by atoms with van der Waals surface area (Å²) < 4.78 is 0. The fourth-order valence-corrected chi connectivity index (χ4v) is 3.49. The lowest BCUT2D eigenvalue weighted by Crippen LogP contribution is -2.50. The fourth-order valence-electron chi connectivity index (χ4n) is 2.85. The van der Waals surface area contributed by atoms with Gasteiger partial charge in [0.05, 0.1) is 0 Å². The minimum atomic E-state index is -0.270. The Morgan fingerprint density at radius 2 is 1.74 bits per heavy atom. The molecule has 0 spiro atoms. The highest BCUT2D eigenvalue weighted by molar-refractivity contribution is 8.13. The van der Waals surface area contributed by atoms with Crippen LogP contribution in [0.3, 0.4) is 0 Å². The number of carbonyl (C=O) groups is 3. The minimum absolute atomic E-state index is 0.0177. The number of urea groups is 1. The van der Waals surface area contributed by atoms with Crippen molar-refractivity contribution in [3.8, 4) is 0 Å². The van der Waals surface area contributed by atoms with Crippen LogP contribution in [0.1, 0.15) is 32.8 Å². The third-order valence-corrected chi connectivity index (χ3v) is 5.60. The van der Waals surface area contributed by atoms with Crippen molar-refractivity contribution in [2.75, 3.05) is 46.0 Å². The monoisotopic (exact) mass is 450 g/mol. The molecule has 174 valence electrons. The van der Waals surface area contributed by atoms with E-state index in [0.717, 1.165) is 18.5 Å². The molecular formula is C23H38N4O3S. The van der Waals surface area contributed by atoms with E-state index in [1.165, 1.54) is 18.7 Å². The molecule has 1 aromatic carbocycles. The van der Waals surface area contributed by atoms with Gasteiger partial charge < -0.3 is 20.4 Å². The van der Waals surface area contributed by atoms with E-state index in [-0.39, 0.29) is 29.6 Å². The number of likely N-dealkylation sites (N-methyl/N-ethyl adjacent to an activating group) is 1. The molecule has 1 aromatic rings. The molecule has 1 atom stereocenters. The SMILES string of the molecule is CC(=O)SC[C@H](Cc1ccccc1)NC(=O)N(CCC(C)C)CC(=O)NCCN(C)C. The highest BCUT2D eigenvalue weighted by Gasteiger charge is 2.21. The Kier molecular flexibility index (Phi) is 12.9. The van der Waals surface area contributed by atoms with Crippen LogP contribution in [0.5, 0.6) is 0 Å². The van der Waals surface area contributed by atoms with Crippen LogP contribution >= 0.6 is 11.8 Å². The second kappa shape index (κ2) is 14.9. The van der Waals surface area contributed by atoms with E-state index >= 15 is 0 Å². The van der Waals surface area contributed by atoms with E-state index in [4.69, 9.17) is 0 Å². The molecule has 3 amide bonds. The van der Waals surface area contributed by atoms with Crippen molar-refractivity contribution in [2.45, 2.75) is 39.7 Å². The number of hydrogen-bond donors (Lipinski definition) is 2. The maximum atomic E-state index is 13.1. The lowest BCUT2D eigenvalue weighted by atomic mass is 10.1. The zero-order valence-corrected chi connectivity index (χ0v) is 20.3. The van der Waals surface area contributed by atoms with Crippen LogP contribution in [0.25, 0.3) is 0 Å². The molecule has 0 saturated heterocycles. The number of hydrogen-bond acceptors (Lipinski definition) is 5. The molecule has 0 fully saturated rings. The van der Waals surface area contributed by atoms with E-state index in [2.05, 4.69) is 24.5 Å². The summed E-state index contributed by atoms with van der Waals surface area (Å²) in [4.78, 5) is 40.5. The van der Waals surface area contributed by atoms with Gasteiger partial charge in [0.1, 0.15) is 6.54 Å². The molecule has 2 N–H and O–H groups in total. The second-order valence-electron chi connectivity index (χ2n) is 8.40. The summed E-state index contributed by atoms with van der Waals surface area (Å²) in [5.74, 6) is 0.738. The second-order valence-corrected chi connectivity index (χ2v) is 9.59. The Balaban J connectivity index is 2.78. The molecule has 0 aliphatic heterocycles. The van der Waals surface area contributed by atoms with Gasteiger partial charge in [-0.05, 0) is 38.4 Å². The Labute approximate surface area is 191 Å². The first kappa shape index (κ1) is 27.0. The Hall–Kier alpha value is -2.06. The normalized spacial score (nSPS) is 12.0. The van der Waals surface area contributed by atoms with E-state index in [0.29, 0.717) is 31.2 Å². The summed E-state index contributed by atoms with van der Waals surface area (Å²) in [6.07, 6.45) is 1.43. The number of thioether (sulfide) groups is 1. The lowest BCUT2D eigenvalue weighted by molar-refractivity contribution is -0.121. The van der Waals surface area contributed by atoms with Crippen LogP contribution in [-0.4, -0.2) is 78.9 Å². The van der Waals surface area contributed by atoms with Gasteiger partial charge in [-0.3, -0.25) is 9.59 Å². The Morgan fingerprint density at radius 3 is 2.32 bits per heavy atom. The molecule has 31 heavy (non-hydrogen) atoms. The van der Waals surface area contributed by atoms with Crippen molar-refractivity contribution in [1.29, 1.82) is 0 Å². The zero-order chi connectivity index (χ0) is 23.2. The first-order chi connectivity index (χ1) is 14.7. The Morgan fingerprint density at radius 1 is 1.06 bits per heavy atom. The molecule has 0 radical (unpaired) electrons. The van der Waals surface area contributed by atoms with Gasteiger partial charge in [-0.15, -0.1) is 0 Å². The molecule has 0 aliphatic rings. The van der Waals surface area contributed by atoms with Gasteiger partial charge >= 0.3 is 6.03 Å².